The molecule has 0 aliphatic carbocycles. The molecule has 0 atom stereocenters. The Kier molecular flexibility index (Phi) is 5.28. The summed E-state index contributed by atoms with van der Waals surface area (Å²) in [7, 11) is 3.11. The fourth-order valence-corrected chi connectivity index (χ4v) is 3.33. The first kappa shape index (κ1) is 19.7. The molecule has 0 radical (unpaired) electrons. The predicted octanol–water partition coefficient (Wildman–Crippen LogP) is 2.70. The lowest BCUT2D eigenvalue weighted by molar-refractivity contribution is 0.290. The van der Waals surface area contributed by atoms with Crippen LogP contribution in [0.4, 0.5) is 0 Å². The lowest BCUT2D eigenvalue weighted by Gasteiger charge is -2.12. The lowest BCUT2D eigenvalue weighted by atomic mass is 10.1. The molecule has 10 heteroatoms. The molecule has 0 amide bonds. The Morgan fingerprint density at radius 1 is 1.07 bits per heavy atom. The smallest absolute Gasteiger partial charge is 0.368 e. The molecule has 0 aliphatic heterocycles. The molecule has 0 aliphatic rings. The third-order valence-electron chi connectivity index (χ3n) is 4.66. The molecule has 9 nitrogen and oxygen atoms in total. The van der Waals surface area contributed by atoms with Crippen LogP contribution in [0.3, 0.4) is 0 Å². The molecule has 4 aromatic rings. The summed E-state index contributed by atoms with van der Waals surface area (Å²) >= 11 is 6.20. The Bertz CT molecular complexity index is 1260. The lowest BCUT2D eigenvalue weighted by Crippen LogP contribution is -2.23. The van der Waals surface area contributed by atoms with Gasteiger partial charge in [-0.25, -0.2) is 9.48 Å². The zero-order valence-electron chi connectivity index (χ0n) is 16.6. The normalized spacial score (nSPS) is 10.9. The summed E-state index contributed by atoms with van der Waals surface area (Å²) in [5, 5.41) is 12.7. The number of methoxy groups -OCH3 is 1. The van der Waals surface area contributed by atoms with Crippen molar-refractivity contribution in [2.75, 3.05) is 7.11 Å². The van der Waals surface area contributed by atoms with E-state index < -0.39 is 0 Å². The summed E-state index contributed by atoms with van der Waals surface area (Å²) in [6, 6.07) is 12.8. The van der Waals surface area contributed by atoms with Crippen molar-refractivity contribution in [1.29, 1.82) is 0 Å². The van der Waals surface area contributed by atoms with Crippen molar-refractivity contribution in [2.24, 2.45) is 7.05 Å². The Morgan fingerprint density at radius 3 is 2.57 bits per heavy atom. The number of nitrogens with zero attached hydrogens (tertiary/aromatic N) is 6. The van der Waals surface area contributed by atoms with Crippen molar-refractivity contribution in [3.8, 4) is 23.0 Å². The first-order valence-electron chi connectivity index (χ1n) is 9.09. The van der Waals surface area contributed by atoms with E-state index in [1.165, 1.54) is 9.36 Å². The van der Waals surface area contributed by atoms with Crippen molar-refractivity contribution < 1.29 is 9.47 Å². The summed E-state index contributed by atoms with van der Waals surface area (Å²) in [4.78, 5) is 12.3. The Morgan fingerprint density at radius 2 is 1.83 bits per heavy atom. The van der Waals surface area contributed by atoms with E-state index in [1.54, 1.807) is 43.2 Å². The molecule has 2 heterocycles. The van der Waals surface area contributed by atoms with Gasteiger partial charge in [0.1, 0.15) is 12.3 Å². The van der Waals surface area contributed by atoms with Crippen LogP contribution in [-0.4, -0.2) is 36.7 Å². The number of aromatic nitrogens is 6. The zero-order valence-corrected chi connectivity index (χ0v) is 17.4. The van der Waals surface area contributed by atoms with Crippen LogP contribution in [0, 0.1) is 6.92 Å². The monoisotopic (exact) mass is 426 g/mol. The van der Waals surface area contributed by atoms with E-state index in [0.29, 0.717) is 28.0 Å². The van der Waals surface area contributed by atoms with Gasteiger partial charge in [0, 0.05) is 24.9 Å². The van der Waals surface area contributed by atoms with Gasteiger partial charge in [0.15, 0.2) is 5.75 Å². The van der Waals surface area contributed by atoms with Gasteiger partial charge in [0.25, 0.3) is 0 Å². The largest absolute Gasteiger partial charge is 0.493 e. The van der Waals surface area contributed by atoms with E-state index in [9.17, 15) is 4.79 Å². The van der Waals surface area contributed by atoms with Crippen molar-refractivity contribution in [3.63, 3.8) is 0 Å². The number of hydrogen-bond donors (Lipinski definition) is 0. The number of ether oxygens (including phenoxy) is 2. The third kappa shape index (κ3) is 3.55. The second-order valence-electron chi connectivity index (χ2n) is 6.55. The van der Waals surface area contributed by atoms with Gasteiger partial charge in [0.2, 0.25) is 5.88 Å². The fraction of sp³-hybridized carbons (Fsp3) is 0.200. The van der Waals surface area contributed by atoms with Crippen molar-refractivity contribution >= 4 is 11.6 Å². The quantitative estimate of drug-likeness (QED) is 0.471. The van der Waals surface area contributed by atoms with E-state index in [1.807, 2.05) is 31.2 Å². The molecule has 0 spiro atoms. The van der Waals surface area contributed by atoms with Gasteiger partial charge in [0.05, 0.1) is 17.8 Å². The van der Waals surface area contributed by atoms with Gasteiger partial charge in [-0.05, 0) is 41.1 Å². The highest BCUT2D eigenvalue weighted by molar-refractivity contribution is 6.32. The van der Waals surface area contributed by atoms with E-state index >= 15 is 0 Å². The maximum Gasteiger partial charge on any atom is 0.368 e. The minimum atomic E-state index is -0.334. The molecule has 0 N–H and O–H groups in total. The van der Waals surface area contributed by atoms with Gasteiger partial charge >= 0.3 is 5.69 Å². The van der Waals surface area contributed by atoms with Crippen LogP contribution in [0.25, 0.3) is 11.4 Å². The molecule has 4 rings (SSSR count). The molecule has 2 aromatic carbocycles. The molecular weight excluding hydrogens is 408 g/mol. The van der Waals surface area contributed by atoms with E-state index in [2.05, 4.69) is 15.5 Å². The molecule has 0 saturated heterocycles. The van der Waals surface area contributed by atoms with Crippen molar-refractivity contribution in [3.05, 3.63) is 75.3 Å². The molecular formula is C20H19ClN6O3. The summed E-state index contributed by atoms with van der Waals surface area (Å²) in [5.74, 6) is 0.940. The average Bonchev–Trinajstić information content (AvgIpc) is 3.34. The van der Waals surface area contributed by atoms with Crippen LogP contribution in [-0.2, 0) is 13.7 Å². The Hall–Kier alpha value is -3.59. The van der Waals surface area contributed by atoms with Gasteiger partial charge in [-0.3, -0.25) is 0 Å². The number of halogens is 1. The van der Waals surface area contributed by atoms with Gasteiger partial charge in [-0.1, -0.05) is 29.8 Å². The second kappa shape index (κ2) is 8.03. The van der Waals surface area contributed by atoms with Gasteiger partial charge in [-0.2, -0.15) is 9.36 Å². The standard InChI is InChI=1S/C20H19ClN6O3/c1-13-6-4-8-16(27-20(28)25(2)23-24-27)14(13)12-30-18-10-11-26(22-18)17-9-5-7-15(21)19(17)29-3/h4-11H,12H2,1-3H3. The molecule has 0 fully saturated rings. The minimum absolute atomic E-state index is 0.203. The van der Waals surface area contributed by atoms with Crippen LogP contribution in [0.15, 0.2) is 53.5 Å². The molecule has 0 unspecified atom stereocenters. The number of aryl methyl sites for hydroxylation is 2. The van der Waals surface area contributed by atoms with Crippen LogP contribution in [0.5, 0.6) is 11.6 Å². The number of hydrogen-bond acceptors (Lipinski definition) is 6. The highest BCUT2D eigenvalue weighted by Gasteiger charge is 2.15. The van der Waals surface area contributed by atoms with Crippen LogP contribution in [0.1, 0.15) is 11.1 Å². The predicted molar refractivity (Wildman–Crippen MR) is 111 cm³/mol. The maximum atomic E-state index is 12.3. The molecule has 0 bridgehead atoms. The average molecular weight is 427 g/mol. The Labute approximate surface area is 177 Å². The van der Waals surface area contributed by atoms with Crippen molar-refractivity contribution in [2.45, 2.75) is 13.5 Å². The Balaban J connectivity index is 1.61. The maximum absolute atomic E-state index is 12.3. The SMILES string of the molecule is COc1c(Cl)cccc1-n1ccc(OCc2c(C)cccc2-n2nnn(C)c2=O)n1. The number of para-hydroxylation sites is 1. The van der Waals surface area contributed by atoms with Crippen LogP contribution in [0.2, 0.25) is 5.02 Å². The number of rotatable bonds is 6. The molecule has 2 aromatic heterocycles. The van der Waals surface area contributed by atoms with Crippen molar-refractivity contribution in [1.82, 2.24) is 29.6 Å². The number of tetrazole rings is 1. The first-order valence-corrected chi connectivity index (χ1v) is 9.46. The summed E-state index contributed by atoms with van der Waals surface area (Å²) in [6.45, 7) is 2.15. The molecule has 30 heavy (non-hydrogen) atoms. The van der Waals surface area contributed by atoms with Gasteiger partial charge in [-0.15, -0.1) is 5.10 Å². The third-order valence-corrected chi connectivity index (χ3v) is 4.96. The van der Waals surface area contributed by atoms with Gasteiger partial charge < -0.3 is 9.47 Å². The fourth-order valence-electron chi connectivity index (χ4n) is 3.08. The number of benzene rings is 2. The molecule has 0 saturated carbocycles. The van der Waals surface area contributed by atoms with Crippen LogP contribution >= 0.6 is 11.6 Å². The summed E-state index contributed by atoms with van der Waals surface area (Å²) in [6.07, 6.45) is 1.76. The topological polar surface area (TPSA) is 89.0 Å². The summed E-state index contributed by atoms with van der Waals surface area (Å²) in [5.41, 5.74) is 2.75. The second-order valence-corrected chi connectivity index (χ2v) is 6.96. The summed E-state index contributed by atoms with van der Waals surface area (Å²) < 4.78 is 15.3. The minimum Gasteiger partial charge on any atom is -0.493 e. The van der Waals surface area contributed by atoms with E-state index in [0.717, 1.165) is 11.1 Å². The van der Waals surface area contributed by atoms with E-state index in [4.69, 9.17) is 21.1 Å². The van der Waals surface area contributed by atoms with E-state index in [-0.39, 0.29) is 12.3 Å². The zero-order chi connectivity index (χ0) is 21.3. The first-order chi connectivity index (χ1) is 14.5. The highest BCUT2D eigenvalue weighted by Crippen LogP contribution is 2.31. The molecule has 154 valence electrons. The highest BCUT2D eigenvalue weighted by atomic mass is 35.5. The van der Waals surface area contributed by atoms with Crippen LogP contribution < -0.4 is 15.2 Å².